The number of halogens is 1. The third-order valence-corrected chi connectivity index (χ3v) is 5.83. The van der Waals surface area contributed by atoms with Gasteiger partial charge in [-0.3, -0.25) is 4.79 Å². The summed E-state index contributed by atoms with van der Waals surface area (Å²) >= 11 is 6.05. The van der Waals surface area contributed by atoms with Crippen LogP contribution in [-0.4, -0.2) is 45.0 Å². The number of anilines is 1. The van der Waals surface area contributed by atoms with Gasteiger partial charge in [-0.2, -0.15) is 10.2 Å². The first kappa shape index (κ1) is 20.6. The Bertz CT molecular complexity index is 1080. The largest absolute Gasteiger partial charge is 0.354 e. The molecular formula is C22H27ClN6O. The lowest BCUT2D eigenvalue weighted by Gasteiger charge is -2.33. The van der Waals surface area contributed by atoms with Gasteiger partial charge >= 0.3 is 0 Å². The zero-order chi connectivity index (χ0) is 21.4. The SMILES string of the molecule is Cc1nnc(N2CCC[C@H](C(=O)NC(C)C)C2)c2nn(-c3ccc(Cl)cc3)c(C)c12. The Hall–Kier alpha value is -2.67. The summed E-state index contributed by atoms with van der Waals surface area (Å²) in [5.41, 5.74) is 3.61. The molecule has 1 N–H and O–H groups in total. The second kappa shape index (κ2) is 8.22. The second-order valence-electron chi connectivity index (χ2n) is 8.25. The van der Waals surface area contributed by atoms with Crippen LogP contribution >= 0.6 is 11.6 Å². The second-order valence-corrected chi connectivity index (χ2v) is 8.69. The summed E-state index contributed by atoms with van der Waals surface area (Å²) in [5, 5.41) is 18.5. The minimum Gasteiger partial charge on any atom is -0.354 e. The number of benzene rings is 1. The van der Waals surface area contributed by atoms with Crippen LogP contribution in [0.15, 0.2) is 24.3 Å². The topological polar surface area (TPSA) is 75.9 Å². The number of rotatable bonds is 4. The van der Waals surface area contributed by atoms with Crippen molar-refractivity contribution in [3.8, 4) is 5.69 Å². The molecule has 0 unspecified atom stereocenters. The third kappa shape index (κ3) is 3.86. The number of hydrogen-bond donors (Lipinski definition) is 1. The molecule has 3 aromatic rings. The average molecular weight is 427 g/mol. The fourth-order valence-electron chi connectivity index (χ4n) is 4.14. The highest BCUT2D eigenvalue weighted by Crippen LogP contribution is 2.31. The molecule has 0 aliphatic carbocycles. The van der Waals surface area contributed by atoms with Crippen molar-refractivity contribution in [2.45, 2.75) is 46.6 Å². The van der Waals surface area contributed by atoms with E-state index in [0.29, 0.717) is 11.6 Å². The highest BCUT2D eigenvalue weighted by molar-refractivity contribution is 6.30. The molecule has 0 saturated carbocycles. The number of fused-ring (bicyclic) bond motifs is 1. The lowest BCUT2D eigenvalue weighted by atomic mass is 9.96. The fourth-order valence-corrected chi connectivity index (χ4v) is 4.27. The van der Waals surface area contributed by atoms with Crippen molar-refractivity contribution in [3.05, 3.63) is 40.7 Å². The molecule has 1 atom stereocenters. The molecule has 1 aromatic carbocycles. The minimum atomic E-state index is -0.0567. The number of nitrogens with zero attached hydrogens (tertiary/aromatic N) is 5. The molecule has 1 aliphatic heterocycles. The van der Waals surface area contributed by atoms with Crippen LogP contribution in [0.5, 0.6) is 0 Å². The Labute approximate surface area is 181 Å². The number of aromatic nitrogens is 4. The number of carbonyl (C=O) groups excluding carboxylic acids is 1. The maximum atomic E-state index is 12.6. The zero-order valence-corrected chi connectivity index (χ0v) is 18.6. The van der Waals surface area contributed by atoms with Gasteiger partial charge in [0, 0.05) is 24.2 Å². The Morgan fingerprint density at radius 1 is 1.20 bits per heavy atom. The summed E-state index contributed by atoms with van der Waals surface area (Å²) in [6.07, 6.45) is 1.82. The molecule has 8 heteroatoms. The first-order chi connectivity index (χ1) is 14.3. The number of carbonyl (C=O) groups is 1. The molecule has 4 rings (SSSR count). The molecule has 0 spiro atoms. The lowest BCUT2D eigenvalue weighted by molar-refractivity contribution is -0.125. The van der Waals surface area contributed by atoms with E-state index < -0.39 is 0 Å². The summed E-state index contributed by atoms with van der Waals surface area (Å²) in [6, 6.07) is 7.75. The highest BCUT2D eigenvalue weighted by atomic mass is 35.5. The minimum absolute atomic E-state index is 0.0567. The third-order valence-electron chi connectivity index (χ3n) is 5.58. The van der Waals surface area contributed by atoms with Crippen LogP contribution in [0.4, 0.5) is 5.82 Å². The van der Waals surface area contributed by atoms with Gasteiger partial charge in [-0.25, -0.2) is 4.68 Å². The zero-order valence-electron chi connectivity index (χ0n) is 17.8. The lowest BCUT2D eigenvalue weighted by Crippen LogP contribution is -2.45. The molecule has 30 heavy (non-hydrogen) atoms. The maximum Gasteiger partial charge on any atom is 0.225 e. The number of amides is 1. The van der Waals surface area contributed by atoms with Crippen molar-refractivity contribution >= 4 is 34.2 Å². The predicted molar refractivity (Wildman–Crippen MR) is 119 cm³/mol. The molecule has 1 amide bonds. The van der Waals surface area contributed by atoms with Crippen molar-refractivity contribution in [1.29, 1.82) is 0 Å². The van der Waals surface area contributed by atoms with Crippen LogP contribution in [0.3, 0.4) is 0 Å². The normalized spacial score (nSPS) is 17.0. The quantitative estimate of drug-likeness (QED) is 0.686. The van der Waals surface area contributed by atoms with Gasteiger partial charge in [0.15, 0.2) is 5.82 Å². The molecule has 1 fully saturated rings. The summed E-state index contributed by atoms with van der Waals surface area (Å²) in [5.74, 6) is 0.793. The van der Waals surface area contributed by atoms with Crippen molar-refractivity contribution < 1.29 is 4.79 Å². The number of hydrogen-bond acceptors (Lipinski definition) is 5. The first-order valence-corrected chi connectivity index (χ1v) is 10.8. The van der Waals surface area contributed by atoms with E-state index in [1.165, 1.54) is 0 Å². The van der Waals surface area contributed by atoms with Crippen LogP contribution < -0.4 is 10.2 Å². The summed E-state index contributed by atoms with van der Waals surface area (Å²) in [4.78, 5) is 14.7. The van der Waals surface area contributed by atoms with Crippen LogP contribution in [-0.2, 0) is 4.79 Å². The molecule has 158 valence electrons. The first-order valence-electron chi connectivity index (χ1n) is 10.4. The maximum absolute atomic E-state index is 12.6. The van der Waals surface area contributed by atoms with Crippen molar-refractivity contribution in [1.82, 2.24) is 25.3 Å². The van der Waals surface area contributed by atoms with Crippen LogP contribution in [0.1, 0.15) is 38.1 Å². The Morgan fingerprint density at radius 2 is 1.93 bits per heavy atom. The van der Waals surface area contributed by atoms with Crippen molar-refractivity contribution in [3.63, 3.8) is 0 Å². The monoisotopic (exact) mass is 426 g/mol. The van der Waals surface area contributed by atoms with E-state index in [1.807, 2.05) is 56.6 Å². The van der Waals surface area contributed by atoms with Gasteiger partial charge in [0.05, 0.1) is 28.4 Å². The fraction of sp³-hybridized carbons (Fsp3) is 0.455. The van der Waals surface area contributed by atoms with Crippen molar-refractivity contribution in [2.75, 3.05) is 18.0 Å². The van der Waals surface area contributed by atoms with E-state index >= 15 is 0 Å². The van der Waals surface area contributed by atoms with E-state index in [-0.39, 0.29) is 17.9 Å². The van der Waals surface area contributed by atoms with E-state index in [0.717, 1.165) is 53.2 Å². The molecule has 0 bridgehead atoms. The van der Waals surface area contributed by atoms with Gasteiger partial charge in [0.25, 0.3) is 0 Å². The standard InChI is InChI=1S/C22H27ClN6O/c1-13(2)24-22(30)16-6-5-11-28(12-16)21-20-19(14(3)25-26-21)15(4)29(27-20)18-9-7-17(23)8-10-18/h7-10,13,16H,5-6,11-12H2,1-4H3,(H,24,30)/t16-/m0/s1. The smallest absolute Gasteiger partial charge is 0.225 e. The predicted octanol–water partition coefficient (Wildman–Crippen LogP) is 3.83. The molecule has 1 saturated heterocycles. The summed E-state index contributed by atoms with van der Waals surface area (Å²) in [6.45, 7) is 9.43. The number of piperidine rings is 1. The van der Waals surface area contributed by atoms with Crippen LogP contribution in [0.2, 0.25) is 5.02 Å². The highest BCUT2D eigenvalue weighted by Gasteiger charge is 2.29. The van der Waals surface area contributed by atoms with Crippen LogP contribution in [0.25, 0.3) is 16.6 Å². The van der Waals surface area contributed by atoms with Gasteiger partial charge in [-0.05, 0) is 64.8 Å². The van der Waals surface area contributed by atoms with Crippen molar-refractivity contribution in [2.24, 2.45) is 5.92 Å². The van der Waals surface area contributed by atoms with Gasteiger partial charge in [0.2, 0.25) is 5.91 Å². The van der Waals surface area contributed by atoms with E-state index in [4.69, 9.17) is 16.7 Å². The molecule has 3 heterocycles. The Kier molecular flexibility index (Phi) is 5.64. The molecule has 7 nitrogen and oxygen atoms in total. The summed E-state index contributed by atoms with van der Waals surface area (Å²) < 4.78 is 1.91. The molecule has 2 aromatic heterocycles. The molecule has 0 radical (unpaired) electrons. The average Bonchev–Trinajstić information content (AvgIpc) is 3.06. The molecule has 1 aliphatic rings. The van der Waals surface area contributed by atoms with Gasteiger partial charge in [-0.1, -0.05) is 11.6 Å². The number of aryl methyl sites for hydroxylation is 2. The Morgan fingerprint density at radius 3 is 2.63 bits per heavy atom. The number of nitrogens with one attached hydrogen (secondary N) is 1. The van der Waals surface area contributed by atoms with Gasteiger partial charge in [0.1, 0.15) is 5.52 Å². The van der Waals surface area contributed by atoms with Gasteiger partial charge in [-0.15, -0.1) is 5.10 Å². The van der Waals surface area contributed by atoms with E-state index in [2.05, 4.69) is 20.4 Å². The van der Waals surface area contributed by atoms with E-state index in [9.17, 15) is 4.79 Å². The van der Waals surface area contributed by atoms with Crippen LogP contribution in [0, 0.1) is 19.8 Å². The molecular weight excluding hydrogens is 400 g/mol. The Balaban J connectivity index is 1.73. The summed E-state index contributed by atoms with van der Waals surface area (Å²) in [7, 11) is 0. The van der Waals surface area contributed by atoms with Gasteiger partial charge < -0.3 is 10.2 Å². The van der Waals surface area contributed by atoms with E-state index in [1.54, 1.807) is 0 Å².